The summed E-state index contributed by atoms with van der Waals surface area (Å²) >= 11 is 0. The highest BCUT2D eigenvalue weighted by atomic mass is 16.6. The molecule has 0 bridgehead atoms. The molecule has 3 rings (SSSR count). The summed E-state index contributed by atoms with van der Waals surface area (Å²) < 4.78 is 16.4. The highest BCUT2D eigenvalue weighted by molar-refractivity contribution is 6.03. The fourth-order valence-corrected chi connectivity index (χ4v) is 2.99. The first-order valence-corrected chi connectivity index (χ1v) is 10.5. The number of para-hydroxylation sites is 1. The van der Waals surface area contributed by atoms with Gasteiger partial charge in [-0.2, -0.15) is 0 Å². The molecule has 0 saturated heterocycles. The standard InChI is InChI=1S/C25H28N2O6/c1-15-19-13-17(32-16-9-7-6-8-10-16)11-12-18(19)22(33-24(30)25(2,3)4)21(27-15)23(29)26-14-20(28)31-5/h6-13,24,30H,14H2,1-5H3,(H,26,29). The maximum Gasteiger partial charge on any atom is 0.325 e. The van der Waals surface area contributed by atoms with Crippen LogP contribution in [0.1, 0.15) is 37.0 Å². The molecule has 8 nitrogen and oxygen atoms in total. The number of carbonyl (C=O) groups is 2. The van der Waals surface area contributed by atoms with E-state index >= 15 is 0 Å². The number of ether oxygens (including phenoxy) is 3. The van der Waals surface area contributed by atoms with Gasteiger partial charge in [-0.25, -0.2) is 4.98 Å². The van der Waals surface area contributed by atoms with E-state index in [0.717, 1.165) is 0 Å². The van der Waals surface area contributed by atoms with E-state index in [9.17, 15) is 14.7 Å². The predicted molar refractivity (Wildman–Crippen MR) is 123 cm³/mol. The number of aliphatic hydroxyl groups is 1. The Morgan fingerprint density at radius 3 is 2.39 bits per heavy atom. The predicted octanol–water partition coefficient (Wildman–Crippen LogP) is 3.98. The minimum Gasteiger partial charge on any atom is -0.468 e. The Bertz CT molecular complexity index is 1160. The minimum atomic E-state index is -1.21. The highest BCUT2D eigenvalue weighted by Crippen LogP contribution is 2.36. The number of hydrogen-bond acceptors (Lipinski definition) is 7. The Kier molecular flexibility index (Phi) is 7.18. The van der Waals surface area contributed by atoms with Crippen LogP contribution in [-0.2, 0) is 9.53 Å². The van der Waals surface area contributed by atoms with Crippen LogP contribution in [0.4, 0.5) is 0 Å². The van der Waals surface area contributed by atoms with Gasteiger partial charge in [-0.05, 0) is 37.3 Å². The Labute approximate surface area is 192 Å². The summed E-state index contributed by atoms with van der Waals surface area (Å²) in [5.74, 6) is 0.170. The lowest BCUT2D eigenvalue weighted by Crippen LogP contribution is -2.34. The van der Waals surface area contributed by atoms with Gasteiger partial charge in [0.2, 0.25) is 6.29 Å². The van der Waals surface area contributed by atoms with Crippen molar-refractivity contribution in [3.63, 3.8) is 0 Å². The van der Waals surface area contributed by atoms with E-state index in [2.05, 4.69) is 15.0 Å². The van der Waals surface area contributed by atoms with Crippen molar-refractivity contribution in [3.05, 3.63) is 59.9 Å². The number of nitrogens with one attached hydrogen (secondary N) is 1. The molecule has 0 fully saturated rings. The van der Waals surface area contributed by atoms with Crippen molar-refractivity contribution in [3.8, 4) is 17.2 Å². The Morgan fingerprint density at radius 2 is 1.76 bits per heavy atom. The molecule has 0 spiro atoms. The van der Waals surface area contributed by atoms with Gasteiger partial charge < -0.3 is 24.6 Å². The van der Waals surface area contributed by atoms with Gasteiger partial charge in [0.05, 0.1) is 7.11 Å². The van der Waals surface area contributed by atoms with E-state index in [1.807, 2.05) is 51.1 Å². The van der Waals surface area contributed by atoms with Crippen molar-refractivity contribution < 1.29 is 28.9 Å². The molecule has 0 radical (unpaired) electrons. The average Bonchev–Trinajstić information content (AvgIpc) is 2.78. The number of carbonyl (C=O) groups excluding carboxylic acids is 2. The fraction of sp³-hybridized carbons (Fsp3) is 0.320. The summed E-state index contributed by atoms with van der Waals surface area (Å²) in [4.78, 5) is 28.8. The second kappa shape index (κ2) is 9.87. The van der Waals surface area contributed by atoms with E-state index < -0.39 is 23.6 Å². The number of nitrogens with zero attached hydrogens (tertiary/aromatic N) is 1. The molecule has 2 aromatic carbocycles. The van der Waals surface area contributed by atoms with Crippen LogP contribution in [0.3, 0.4) is 0 Å². The van der Waals surface area contributed by atoms with E-state index in [1.54, 1.807) is 25.1 Å². The molecular weight excluding hydrogens is 424 g/mol. The van der Waals surface area contributed by atoms with Crippen LogP contribution in [0.2, 0.25) is 0 Å². The van der Waals surface area contributed by atoms with Crippen molar-refractivity contribution in [2.75, 3.05) is 13.7 Å². The topological polar surface area (TPSA) is 107 Å². The molecular formula is C25H28N2O6. The van der Waals surface area contributed by atoms with Crippen molar-refractivity contribution in [1.29, 1.82) is 0 Å². The van der Waals surface area contributed by atoms with Crippen LogP contribution in [-0.4, -0.2) is 41.9 Å². The lowest BCUT2D eigenvalue weighted by Gasteiger charge is -2.27. The first-order valence-electron chi connectivity index (χ1n) is 10.5. The Balaban J connectivity index is 2.07. The summed E-state index contributed by atoms with van der Waals surface area (Å²) in [7, 11) is 1.23. The maximum atomic E-state index is 12.9. The Morgan fingerprint density at radius 1 is 1.06 bits per heavy atom. The second-order valence-corrected chi connectivity index (χ2v) is 8.59. The van der Waals surface area contributed by atoms with Crippen molar-refractivity contribution in [1.82, 2.24) is 10.3 Å². The third-order valence-electron chi connectivity index (χ3n) is 4.91. The number of amides is 1. The number of aromatic nitrogens is 1. The number of benzene rings is 2. The van der Waals surface area contributed by atoms with Crippen LogP contribution >= 0.6 is 0 Å². The highest BCUT2D eigenvalue weighted by Gasteiger charge is 2.28. The summed E-state index contributed by atoms with van der Waals surface area (Å²) in [5, 5.41) is 14.4. The van der Waals surface area contributed by atoms with Gasteiger partial charge in [-0.15, -0.1) is 0 Å². The van der Waals surface area contributed by atoms with E-state index in [1.165, 1.54) is 7.11 Å². The van der Waals surface area contributed by atoms with Gasteiger partial charge >= 0.3 is 5.97 Å². The third kappa shape index (κ3) is 5.78. The van der Waals surface area contributed by atoms with Gasteiger partial charge in [0, 0.05) is 21.9 Å². The van der Waals surface area contributed by atoms with Gasteiger partial charge in [0.1, 0.15) is 18.0 Å². The summed E-state index contributed by atoms with van der Waals surface area (Å²) in [6, 6.07) is 14.7. The molecule has 2 N–H and O–H groups in total. The van der Waals surface area contributed by atoms with Crippen LogP contribution in [0.5, 0.6) is 17.2 Å². The zero-order valence-electron chi connectivity index (χ0n) is 19.3. The van der Waals surface area contributed by atoms with Crippen molar-refractivity contribution in [2.45, 2.75) is 34.0 Å². The van der Waals surface area contributed by atoms with Crippen LogP contribution in [0.25, 0.3) is 10.8 Å². The van der Waals surface area contributed by atoms with Crippen molar-refractivity contribution in [2.24, 2.45) is 5.41 Å². The van der Waals surface area contributed by atoms with Crippen molar-refractivity contribution >= 4 is 22.6 Å². The van der Waals surface area contributed by atoms with E-state index in [-0.39, 0.29) is 18.0 Å². The van der Waals surface area contributed by atoms with Crippen LogP contribution in [0.15, 0.2) is 48.5 Å². The molecule has 1 atom stereocenters. The Hall–Kier alpha value is -3.65. The number of methoxy groups -OCH3 is 1. The van der Waals surface area contributed by atoms with E-state index in [4.69, 9.17) is 9.47 Å². The monoisotopic (exact) mass is 452 g/mol. The lowest BCUT2D eigenvalue weighted by atomic mass is 9.96. The molecule has 174 valence electrons. The zero-order chi connectivity index (χ0) is 24.2. The molecule has 0 aliphatic carbocycles. The van der Waals surface area contributed by atoms with E-state index in [0.29, 0.717) is 28.0 Å². The molecule has 1 amide bonds. The van der Waals surface area contributed by atoms with Gasteiger partial charge in [-0.1, -0.05) is 39.0 Å². The minimum absolute atomic E-state index is 0.0380. The van der Waals surface area contributed by atoms with Gasteiger partial charge in [0.25, 0.3) is 5.91 Å². The summed E-state index contributed by atoms with van der Waals surface area (Å²) in [5.41, 5.74) is -0.0962. The summed E-state index contributed by atoms with van der Waals surface area (Å²) in [6.07, 6.45) is -1.21. The van der Waals surface area contributed by atoms with Crippen LogP contribution in [0, 0.1) is 12.3 Å². The molecule has 0 aliphatic heterocycles. The molecule has 3 aromatic rings. The number of rotatable bonds is 7. The number of esters is 1. The molecule has 1 heterocycles. The lowest BCUT2D eigenvalue weighted by molar-refractivity contribution is -0.139. The largest absolute Gasteiger partial charge is 0.468 e. The summed E-state index contributed by atoms with van der Waals surface area (Å²) in [6.45, 7) is 6.87. The molecule has 0 aliphatic rings. The number of aliphatic hydroxyl groups excluding tert-OH is 1. The SMILES string of the molecule is COC(=O)CNC(=O)c1nc(C)c2cc(Oc3ccccc3)ccc2c1OC(O)C(C)(C)C. The first kappa shape index (κ1) is 24.0. The first-order chi connectivity index (χ1) is 15.6. The third-order valence-corrected chi connectivity index (χ3v) is 4.91. The molecule has 8 heteroatoms. The normalized spacial score (nSPS) is 12.2. The molecule has 33 heavy (non-hydrogen) atoms. The van der Waals surface area contributed by atoms with Gasteiger partial charge in [-0.3, -0.25) is 9.59 Å². The molecule has 1 aromatic heterocycles. The number of aryl methyl sites for hydroxylation is 1. The average molecular weight is 453 g/mol. The smallest absolute Gasteiger partial charge is 0.325 e. The number of hydrogen-bond donors (Lipinski definition) is 2. The molecule has 1 unspecified atom stereocenters. The second-order valence-electron chi connectivity index (χ2n) is 8.59. The quantitative estimate of drug-likeness (QED) is 0.412. The van der Waals surface area contributed by atoms with Gasteiger partial charge in [0.15, 0.2) is 11.4 Å². The number of fused-ring (bicyclic) bond motifs is 1. The van der Waals surface area contributed by atoms with Crippen LogP contribution < -0.4 is 14.8 Å². The zero-order valence-corrected chi connectivity index (χ0v) is 19.3. The number of pyridine rings is 1. The fourth-order valence-electron chi connectivity index (χ4n) is 2.99. The maximum absolute atomic E-state index is 12.9. The molecule has 0 saturated carbocycles.